The summed E-state index contributed by atoms with van der Waals surface area (Å²) in [6, 6.07) is 10.3. The summed E-state index contributed by atoms with van der Waals surface area (Å²) >= 11 is 0. The Bertz CT molecular complexity index is 828. The van der Waals surface area contributed by atoms with Crippen LogP contribution in [0.25, 0.3) is 0 Å². The van der Waals surface area contributed by atoms with Crippen molar-refractivity contribution in [2.24, 2.45) is 23.2 Å². The molecule has 0 spiro atoms. The molecule has 0 radical (unpaired) electrons. The fraction of sp³-hybridized carbons (Fsp3) is 0.667. The Morgan fingerprint density at radius 2 is 1.94 bits per heavy atom. The number of nitrogens with zero attached hydrogens (tertiary/aromatic N) is 1. The maximum absolute atomic E-state index is 12.9. The Labute approximate surface area is 186 Å². The average molecular weight is 424 g/mol. The summed E-state index contributed by atoms with van der Waals surface area (Å²) in [6.07, 6.45) is 7.97. The van der Waals surface area contributed by atoms with Crippen molar-refractivity contribution in [2.75, 3.05) is 19.6 Å². The van der Waals surface area contributed by atoms with Crippen molar-refractivity contribution in [2.45, 2.75) is 70.0 Å². The van der Waals surface area contributed by atoms with Gasteiger partial charge in [-0.1, -0.05) is 49.4 Å². The maximum atomic E-state index is 12.9. The van der Waals surface area contributed by atoms with E-state index < -0.39 is 5.60 Å². The summed E-state index contributed by atoms with van der Waals surface area (Å²) in [5, 5.41) is 11.1. The van der Waals surface area contributed by atoms with Crippen LogP contribution in [-0.4, -0.2) is 47.3 Å². The molecule has 1 aromatic carbocycles. The van der Waals surface area contributed by atoms with Crippen LogP contribution in [0.5, 0.6) is 0 Å². The summed E-state index contributed by atoms with van der Waals surface area (Å²) in [5.74, 6) is 0.847. The maximum Gasteiger partial charge on any atom is 0.310 e. The van der Waals surface area contributed by atoms with Gasteiger partial charge in [0.15, 0.2) is 0 Å². The number of fused-ring (bicyclic) bond motifs is 2. The summed E-state index contributed by atoms with van der Waals surface area (Å²) in [4.78, 5) is 15.2. The van der Waals surface area contributed by atoms with Crippen LogP contribution < -0.4 is 0 Å². The molecule has 0 aromatic heterocycles. The van der Waals surface area contributed by atoms with Gasteiger partial charge in [0.25, 0.3) is 0 Å². The van der Waals surface area contributed by atoms with Gasteiger partial charge in [0.2, 0.25) is 0 Å². The van der Waals surface area contributed by atoms with E-state index in [0.29, 0.717) is 18.3 Å². The van der Waals surface area contributed by atoms with Gasteiger partial charge in [0.05, 0.1) is 11.5 Å². The molecular weight excluding hydrogens is 386 g/mol. The molecule has 168 valence electrons. The van der Waals surface area contributed by atoms with Crippen molar-refractivity contribution >= 4 is 5.97 Å². The van der Waals surface area contributed by atoms with Crippen molar-refractivity contribution in [1.29, 1.82) is 0 Å². The Hall–Kier alpha value is -1.65. The predicted octanol–water partition coefficient (Wildman–Crippen LogP) is 4.37. The van der Waals surface area contributed by atoms with E-state index in [4.69, 9.17) is 4.74 Å². The molecule has 2 unspecified atom stereocenters. The normalized spacial score (nSPS) is 37.7. The zero-order valence-electron chi connectivity index (χ0n) is 18.9. The van der Waals surface area contributed by atoms with Crippen molar-refractivity contribution < 1.29 is 14.6 Å². The standard InChI is InChI=1S/C27H37NO3/c1-19-7-6-10-26(2)17-24-21(15-23(19)26)22(25(29)31-24)18-28-13-11-27(30,12-14-28)16-20-8-4-3-5-9-20/h3-5,8-9,21-24,30H,1,6-7,10-18H2,2H3/t21-,22?,23?,24-,26-/m1/s1. The monoisotopic (exact) mass is 423 g/mol. The van der Waals surface area contributed by atoms with Crippen molar-refractivity contribution in [1.82, 2.24) is 4.90 Å². The quantitative estimate of drug-likeness (QED) is 0.577. The first-order valence-corrected chi connectivity index (χ1v) is 12.2. The molecule has 2 saturated heterocycles. The van der Waals surface area contributed by atoms with Crippen LogP contribution >= 0.6 is 0 Å². The topological polar surface area (TPSA) is 49.8 Å². The summed E-state index contributed by atoms with van der Waals surface area (Å²) in [5.41, 5.74) is 2.21. The van der Waals surface area contributed by atoms with Crippen molar-refractivity contribution in [3.8, 4) is 0 Å². The van der Waals surface area contributed by atoms with Gasteiger partial charge in [-0.25, -0.2) is 0 Å². The second kappa shape index (κ2) is 8.04. The van der Waals surface area contributed by atoms with Crippen LogP contribution in [-0.2, 0) is 16.0 Å². The molecule has 2 heterocycles. The molecule has 1 aromatic rings. The van der Waals surface area contributed by atoms with E-state index in [9.17, 15) is 9.90 Å². The van der Waals surface area contributed by atoms with E-state index in [0.717, 1.165) is 51.7 Å². The predicted molar refractivity (Wildman–Crippen MR) is 121 cm³/mol. The molecule has 0 amide bonds. The number of hydrogen-bond donors (Lipinski definition) is 1. The van der Waals surface area contributed by atoms with Gasteiger partial charge < -0.3 is 14.7 Å². The molecule has 0 bridgehead atoms. The lowest BCUT2D eigenvalue weighted by molar-refractivity contribution is -0.146. The number of rotatable bonds is 4. The smallest absolute Gasteiger partial charge is 0.310 e. The molecule has 2 saturated carbocycles. The molecule has 4 nitrogen and oxygen atoms in total. The molecule has 1 N–H and O–H groups in total. The van der Waals surface area contributed by atoms with Crippen LogP contribution in [0, 0.1) is 23.2 Å². The SMILES string of the molecule is C=C1CCC[C@]2(C)C[C@H]3OC(=O)C(CN4CCC(O)(Cc5ccccc5)CC4)[C@H]3CC12. The number of carbonyl (C=O) groups excluding carboxylic acids is 1. The minimum atomic E-state index is -0.636. The van der Waals surface area contributed by atoms with Gasteiger partial charge in [-0.05, 0) is 61.8 Å². The highest BCUT2D eigenvalue weighted by Crippen LogP contribution is 2.57. The second-order valence-electron chi connectivity index (χ2n) is 11.1. The first-order chi connectivity index (χ1) is 14.9. The number of likely N-dealkylation sites (tertiary alicyclic amines) is 1. The number of piperidine rings is 1. The van der Waals surface area contributed by atoms with E-state index in [1.54, 1.807) is 0 Å². The zero-order valence-corrected chi connectivity index (χ0v) is 18.9. The number of aliphatic hydroxyl groups is 1. The van der Waals surface area contributed by atoms with E-state index in [1.165, 1.54) is 24.0 Å². The van der Waals surface area contributed by atoms with Crippen molar-refractivity contribution in [3.63, 3.8) is 0 Å². The molecule has 2 aliphatic heterocycles. The minimum Gasteiger partial charge on any atom is -0.462 e. The van der Waals surface area contributed by atoms with Gasteiger partial charge in [-0.15, -0.1) is 0 Å². The first-order valence-electron chi connectivity index (χ1n) is 12.2. The number of carbonyl (C=O) groups is 1. The number of allylic oxidation sites excluding steroid dienone is 1. The van der Waals surface area contributed by atoms with E-state index >= 15 is 0 Å². The molecule has 5 atom stereocenters. The highest BCUT2D eigenvalue weighted by atomic mass is 16.6. The molecular formula is C27H37NO3. The van der Waals surface area contributed by atoms with Gasteiger partial charge in [0, 0.05) is 32.0 Å². The number of hydrogen-bond acceptors (Lipinski definition) is 4. The van der Waals surface area contributed by atoms with E-state index in [2.05, 4.69) is 30.5 Å². The highest BCUT2D eigenvalue weighted by Gasteiger charge is 2.55. The lowest BCUT2D eigenvalue weighted by atomic mass is 9.55. The van der Waals surface area contributed by atoms with Crippen molar-refractivity contribution in [3.05, 3.63) is 48.0 Å². The third-order valence-electron chi connectivity index (χ3n) is 8.94. The molecule has 4 aliphatic rings. The Morgan fingerprint density at radius 1 is 1.19 bits per heavy atom. The summed E-state index contributed by atoms with van der Waals surface area (Å²) in [6.45, 7) is 9.26. The Kier molecular flexibility index (Phi) is 5.50. The number of benzene rings is 1. The second-order valence-corrected chi connectivity index (χ2v) is 11.1. The third-order valence-corrected chi connectivity index (χ3v) is 8.94. The van der Waals surface area contributed by atoms with E-state index in [1.807, 2.05) is 18.2 Å². The van der Waals surface area contributed by atoms with Crippen LogP contribution in [0.15, 0.2) is 42.5 Å². The third kappa shape index (κ3) is 4.09. The van der Waals surface area contributed by atoms with Crippen LogP contribution in [0.4, 0.5) is 0 Å². The Balaban J connectivity index is 1.21. The molecule has 2 aliphatic carbocycles. The van der Waals surface area contributed by atoms with Crippen LogP contribution in [0.3, 0.4) is 0 Å². The Morgan fingerprint density at radius 3 is 2.68 bits per heavy atom. The van der Waals surface area contributed by atoms with Crippen LogP contribution in [0.1, 0.15) is 57.4 Å². The number of esters is 1. The number of ether oxygens (including phenoxy) is 1. The van der Waals surface area contributed by atoms with Gasteiger partial charge in [-0.2, -0.15) is 0 Å². The fourth-order valence-electron chi connectivity index (χ4n) is 7.05. The lowest BCUT2D eigenvalue weighted by Crippen LogP contribution is -2.49. The largest absolute Gasteiger partial charge is 0.462 e. The minimum absolute atomic E-state index is 0.00739. The average Bonchev–Trinajstić information content (AvgIpc) is 3.02. The van der Waals surface area contributed by atoms with Gasteiger partial charge in [-0.3, -0.25) is 4.79 Å². The molecule has 31 heavy (non-hydrogen) atoms. The van der Waals surface area contributed by atoms with E-state index in [-0.39, 0.29) is 23.4 Å². The summed E-state index contributed by atoms with van der Waals surface area (Å²) < 4.78 is 5.94. The van der Waals surface area contributed by atoms with Gasteiger partial charge in [0.1, 0.15) is 6.10 Å². The molecule has 5 rings (SSSR count). The summed E-state index contributed by atoms with van der Waals surface area (Å²) in [7, 11) is 0. The zero-order chi connectivity index (χ0) is 21.6. The highest BCUT2D eigenvalue weighted by molar-refractivity contribution is 5.75. The fourth-order valence-corrected chi connectivity index (χ4v) is 7.05. The molecule has 4 heteroatoms. The van der Waals surface area contributed by atoms with Crippen LogP contribution in [0.2, 0.25) is 0 Å². The van der Waals surface area contributed by atoms with Gasteiger partial charge >= 0.3 is 5.97 Å². The molecule has 4 fully saturated rings. The lowest BCUT2D eigenvalue weighted by Gasteiger charge is -2.50. The first kappa shape index (κ1) is 21.2.